The van der Waals surface area contributed by atoms with Gasteiger partial charge in [0, 0.05) is 38.4 Å². The zero-order chi connectivity index (χ0) is 16.8. The van der Waals surface area contributed by atoms with E-state index in [1.807, 2.05) is 35.4 Å². The molecule has 2 atom stereocenters. The minimum absolute atomic E-state index is 0.0771. The monoisotopic (exact) mass is 323 g/mol. The van der Waals surface area contributed by atoms with Gasteiger partial charge in [0.15, 0.2) is 0 Å². The van der Waals surface area contributed by atoms with E-state index in [9.17, 15) is 4.79 Å². The molecule has 1 saturated heterocycles. The third kappa shape index (κ3) is 3.82. The fourth-order valence-corrected chi connectivity index (χ4v) is 3.42. The summed E-state index contributed by atoms with van der Waals surface area (Å²) in [4.78, 5) is 19.2. The molecule has 3 rings (SSSR count). The molecule has 0 saturated carbocycles. The van der Waals surface area contributed by atoms with Crippen LogP contribution in [-0.4, -0.2) is 35.4 Å². The minimum atomic E-state index is 0.0771. The van der Waals surface area contributed by atoms with Crippen molar-refractivity contribution < 1.29 is 4.79 Å². The van der Waals surface area contributed by atoms with Gasteiger partial charge in [-0.05, 0) is 29.5 Å². The lowest BCUT2D eigenvalue weighted by Crippen LogP contribution is -2.49. The van der Waals surface area contributed by atoms with Gasteiger partial charge in [0.2, 0.25) is 5.91 Å². The lowest BCUT2D eigenvalue weighted by Gasteiger charge is -2.37. The van der Waals surface area contributed by atoms with Gasteiger partial charge in [-0.2, -0.15) is 0 Å². The predicted octanol–water partition coefficient (Wildman–Crippen LogP) is 3.14. The predicted molar refractivity (Wildman–Crippen MR) is 95.7 cm³/mol. The van der Waals surface area contributed by atoms with Gasteiger partial charge < -0.3 is 10.2 Å². The first-order chi connectivity index (χ1) is 11.8. The van der Waals surface area contributed by atoms with E-state index < -0.39 is 0 Å². The Labute approximate surface area is 143 Å². The van der Waals surface area contributed by atoms with Crippen LogP contribution in [0.3, 0.4) is 0 Å². The van der Waals surface area contributed by atoms with Gasteiger partial charge in [0.1, 0.15) is 0 Å². The van der Waals surface area contributed by atoms with Crippen LogP contribution in [0.2, 0.25) is 0 Å². The normalized spacial score (nSPS) is 19.0. The SMILES string of the molecule is CCC(CC(=O)N1CCNCC1c1cccnc1)c1ccccc1. The molecule has 0 radical (unpaired) electrons. The molecule has 2 aromatic rings. The molecule has 4 nitrogen and oxygen atoms in total. The number of piperazine rings is 1. The van der Waals surface area contributed by atoms with E-state index in [-0.39, 0.29) is 17.9 Å². The minimum Gasteiger partial charge on any atom is -0.333 e. The number of carbonyl (C=O) groups excluding carboxylic acids is 1. The molecule has 0 bridgehead atoms. The standard InChI is InChI=1S/C20H25N3O/c1-2-16(17-7-4-3-5-8-17)13-20(24)23-12-11-22-15-19(23)18-9-6-10-21-14-18/h3-10,14,16,19,22H,2,11-13,15H2,1H3. The molecule has 0 aliphatic carbocycles. The van der Waals surface area contributed by atoms with Crippen molar-refractivity contribution in [3.8, 4) is 0 Å². The van der Waals surface area contributed by atoms with Crippen LogP contribution in [-0.2, 0) is 4.79 Å². The highest BCUT2D eigenvalue weighted by Crippen LogP contribution is 2.28. The average Bonchev–Trinajstić information content (AvgIpc) is 2.67. The number of hydrogen-bond acceptors (Lipinski definition) is 3. The van der Waals surface area contributed by atoms with E-state index in [4.69, 9.17) is 0 Å². The van der Waals surface area contributed by atoms with Gasteiger partial charge in [-0.25, -0.2) is 0 Å². The third-order valence-electron chi connectivity index (χ3n) is 4.82. The average molecular weight is 323 g/mol. The first kappa shape index (κ1) is 16.7. The zero-order valence-corrected chi connectivity index (χ0v) is 14.2. The maximum atomic E-state index is 13.0. The lowest BCUT2D eigenvalue weighted by atomic mass is 9.92. The molecule has 2 unspecified atom stereocenters. The summed E-state index contributed by atoms with van der Waals surface area (Å²) in [6.07, 6.45) is 5.18. The Morgan fingerprint density at radius 2 is 2.12 bits per heavy atom. The fourth-order valence-electron chi connectivity index (χ4n) is 3.42. The van der Waals surface area contributed by atoms with Gasteiger partial charge in [0.25, 0.3) is 0 Å². The van der Waals surface area contributed by atoms with E-state index in [0.717, 1.165) is 31.6 Å². The number of pyridine rings is 1. The van der Waals surface area contributed by atoms with E-state index in [0.29, 0.717) is 6.42 Å². The molecular weight excluding hydrogens is 298 g/mol. The Kier molecular flexibility index (Phi) is 5.59. The zero-order valence-electron chi connectivity index (χ0n) is 14.2. The number of nitrogens with zero attached hydrogens (tertiary/aromatic N) is 2. The van der Waals surface area contributed by atoms with Crippen LogP contribution in [0.1, 0.15) is 42.9 Å². The van der Waals surface area contributed by atoms with Crippen molar-refractivity contribution in [1.82, 2.24) is 15.2 Å². The van der Waals surface area contributed by atoms with E-state index in [1.54, 1.807) is 6.20 Å². The second kappa shape index (κ2) is 8.06. The molecule has 1 N–H and O–H groups in total. The molecule has 1 aromatic heterocycles. The number of hydrogen-bond donors (Lipinski definition) is 1. The van der Waals surface area contributed by atoms with Crippen LogP contribution in [0.4, 0.5) is 0 Å². The Morgan fingerprint density at radius 1 is 1.29 bits per heavy atom. The Hall–Kier alpha value is -2.20. The fraction of sp³-hybridized carbons (Fsp3) is 0.400. The Balaban J connectivity index is 1.74. The molecule has 1 aliphatic rings. The maximum Gasteiger partial charge on any atom is 0.223 e. The summed E-state index contributed by atoms with van der Waals surface area (Å²) in [6.45, 7) is 4.55. The number of benzene rings is 1. The topological polar surface area (TPSA) is 45.2 Å². The first-order valence-electron chi connectivity index (χ1n) is 8.74. The molecule has 1 amide bonds. The molecule has 24 heavy (non-hydrogen) atoms. The molecule has 126 valence electrons. The lowest BCUT2D eigenvalue weighted by molar-refractivity contribution is -0.135. The van der Waals surface area contributed by atoms with E-state index in [2.05, 4.69) is 35.4 Å². The van der Waals surface area contributed by atoms with Crippen molar-refractivity contribution >= 4 is 5.91 Å². The number of nitrogens with one attached hydrogen (secondary N) is 1. The van der Waals surface area contributed by atoms with Gasteiger partial charge in [-0.3, -0.25) is 9.78 Å². The summed E-state index contributed by atoms with van der Waals surface area (Å²) in [7, 11) is 0. The number of aromatic nitrogens is 1. The van der Waals surface area contributed by atoms with Gasteiger partial charge in [-0.15, -0.1) is 0 Å². The molecule has 0 spiro atoms. The summed E-state index contributed by atoms with van der Waals surface area (Å²) < 4.78 is 0. The van der Waals surface area contributed by atoms with Gasteiger partial charge in [-0.1, -0.05) is 43.3 Å². The molecule has 2 heterocycles. The Bertz CT molecular complexity index is 644. The maximum absolute atomic E-state index is 13.0. The van der Waals surface area contributed by atoms with E-state index >= 15 is 0 Å². The number of rotatable bonds is 5. The van der Waals surface area contributed by atoms with Crippen LogP contribution in [0.5, 0.6) is 0 Å². The van der Waals surface area contributed by atoms with Crippen molar-refractivity contribution in [2.24, 2.45) is 0 Å². The largest absolute Gasteiger partial charge is 0.333 e. The highest BCUT2D eigenvalue weighted by atomic mass is 16.2. The highest BCUT2D eigenvalue weighted by Gasteiger charge is 2.29. The second-order valence-electron chi connectivity index (χ2n) is 6.31. The van der Waals surface area contributed by atoms with Crippen molar-refractivity contribution in [2.45, 2.75) is 31.7 Å². The molecule has 1 fully saturated rings. The molecule has 4 heteroatoms. The second-order valence-corrected chi connectivity index (χ2v) is 6.31. The molecular formula is C20H25N3O. The van der Waals surface area contributed by atoms with Crippen molar-refractivity contribution in [3.63, 3.8) is 0 Å². The number of amides is 1. The van der Waals surface area contributed by atoms with Crippen LogP contribution in [0, 0.1) is 0 Å². The third-order valence-corrected chi connectivity index (χ3v) is 4.82. The van der Waals surface area contributed by atoms with Gasteiger partial charge >= 0.3 is 0 Å². The smallest absolute Gasteiger partial charge is 0.223 e. The summed E-state index contributed by atoms with van der Waals surface area (Å²) in [5.74, 6) is 0.518. The van der Waals surface area contributed by atoms with Crippen LogP contribution >= 0.6 is 0 Å². The summed E-state index contributed by atoms with van der Waals surface area (Å²) in [6, 6.07) is 14.4. The highest BCUT2D eigenvalue weighted by molar-refractivity contribution is 5.78. The van der Waals surface area contributed by atoms with Crippen LogP contribution < -0.4 is 5.32 Å². The quantitative estimate of drug-likeness (QED) is 0.919. The van der Waals surface area contributed by atoms with Gasteiger partial charge in [0.05, 0.1) is 6.04 Å². The van der Waals surface area contributed by atoms with E-state index in [1.165, 1.54) is 5.56 Å². The Morgan fingerprint density at radius 3 is 2.83 bits per heavy atom. The van der Waals surface area contributed by atoms with Crippen molar-refractivity contribution in [2.75, 3.05) is 19.6 Å². The van der Waals surface area contributed by atoms with Crippen LogP contribution in [0.15, 0.2) is 54.9 Å². The summed E-state index contributed by atoms with van der Waals surface area (Å²) in [5, 5.41) is 3.40. The van der Waals surface area contributed by atoms with Crippen LogP contribution in [0.25, 0.3) is 0 Å². The molecule has 1 aromatic carbocycles. The van der Waals surface area contributed by atoms with Crippen molar-refractivity contribution in [1.29, 1.82) is 0 Å². The first-order valence-corrected chi connectivity index (χ1v) is 8.74. The summed E-state index contributed by atoms with van der Waals surface area (Å²) >= 11 is 0. The van der Waals surface area contributed by atoms with Crippen molar-refractivity contribution in [3.05, 3.63) is 66.0 Å². The molecule has 1 aliphatic heterocycles. The number of carbonyl (C=O) groups is 1. The summed E-state index contributed by atoms with van der Waals surface area (Å²) in [5.41, 5.74) is 2.35.